The SMILES string of the molecule is Fc1cccc(C(CNC2CC2)Cc2ccccc2F)c1. The van der Waals surface area contributed by atoms with Gasteiger partial charge >= 0.3 is 0 Å². The van der Waals surface area contributed by atoms with Crippen LogP contribution in [0.25, 0.3) is 0 Å². The number of hydrogen-bond donors (Lipinski definition) is 1. The van der Waals surface area contributed by atoms with Crippen molar-refractivity contribution in [2.45, 2.75) is 31.2 Å². The highest BCUT2D eigenvalue weighted by Gasteiger charge is 2.23. The smallest absolute Gasteiger partial charge is 0.126 e. The van der Waals surface area contributed by atoms with Crippen molar-refractivity contribution in [3.8, 4) is 0 Å². The van der Waals surface area contributed by atoms with Crippen molar-refractivity contribution in [1.82, 2.24) is 5.32 Å². The number of hydrogen-bond acceptors (Lipinski definition) is 1. The molecule has 3 rings (SSSR count). The quantitative estimate of drug-likeness (QED) is 0.845. The normalized spacial score (nSPS) is 15.9. The summed E-state index contributed by atoms with van der Waals surface area (Å²) in [6.45, 7) is 0.752. The highest BCUT2D eigenvalue weighted by atomic mass is 19.1. The van der Waals surface area contributed by atoms with Crippen LogP contribution in [0.2, 0.25) is 0 Å². The first kappa shape index (κ1) is 14.2. The minimum absolute atomic E-state index is 0.0817. The van der Waals surface area contributed by atoms with Crippen LogP contribution in [0, 0.1) is 11.6 Å². The van der Waals surface area contributed by atoms with Gasteiger partial charge in [0.05, 0.1) is 0 Å². The van der Waals surface area contributed by atoms with Crippen LogP contribution in [-0.2, 0) is 6.42 Å². The molecule has 0 saturated heterocycles. The molecular weight excluding hydrogens is 268 g/mol. The molecule has 0 aliphatic heterocycles. The van der Waals surface area contributed by atoms with Crippen molar-refractivity contribution >= 4 is 0 Å². The predicted molar refractivity (Wildman–Crippen MR) is 80.3 cm³/mol. The fraction of sp³-hybridized carbons (Fsp3) is 0.333. The summed E-state index contributed by atoms with van der Waals surface area (Å²) in [5.41, 5.74) is 1.61. The Bertz CT molecular complexity index is 608. The first-order valence-electron chi connectivity index (χ1n) is 7.44. The van der Waals surface area contributed by atoms with E-state index in [1.807, 2.05) is 12.1 Å². The van der Waals surface area contributed by atoms with Crippen molar-refractivity contribution < 1.29 is 8.78 Å². The second-order valence-electron chi connectivity index (χ2n) is 5.73. The summed E-state index contributed by atoms with van der Waals surface area (Å²) < 4.78 is 27.3. The van der Waals surface area contributed by atoms with E-state index in [1.165, 1.54) is 25.0 Å². The monoisotopic (exact) mass is 287 g/mol. The van der Waals surface area contributed by atoms with Gasteiger partial charge in [0, 0.05) is 18.5 Å². The second kappa shape index (κ2) is 6.35. The maximum Gasteiger partial charge on any atom is 0.126 e. The summed E-state index contributed by atoms with van der Waals surface area (Å²) in [5.74, 6) is -0.346. The van der Waals surface area contributed by atoms with E-state index >= 15 is 0 Å². The van der Waals surface area contributed by atoms with Crippen LogP contribution in [0.15, 0.2) is 48.5 Å². The lowest BCUT2D eigenvalue weighted by Gasteiger charge is -2.19. The fourth-order valence-electron chi connectivity index (χ4n) is 2.59. The van der Waals surface area contributed by atoms with E-state index in [4.69, 9.17) is 0 Å². The zero-order chi connectivity index (χ0) is 14.7. The van der Waals surface area contributed by atoms with Gasteiger partial charge < -0.3 is 5.32 Å². The maximum atomic E-state index is 13.9. The van der Waals surface area contributed by atoms with Gasteiger partial charge in [0.25, 0.3) is 0 Å². The Kier molecular flexibility index (Phi) is 4.30. The Morgan fingerprint density at radius 2 is 1.86 bits per heavy atom. The summed E-state index contributed by atoms with van der Waals surface area (Å²) in [6, 6.07) is 14.0. The number of nitrogens with one attached hydrogen (secondary N) is 1. The lowest BCUT2D eigenvalue weighted by Crippen LogP contribution is -2.25. The van der Waals surface area contributed by atoms with Gasteiger partial charge in [0.1, 0.15) is 11.6 Å². The summed E-state index contributed by atoms with van der Waals surface area (Å²) in [4.78, 5) is 0. The molecule has 1 atom stereocenters. The van der Waals surface area contributed by atoms with Crippen LogP contribution in [-0.4, -0.2) is 12.6 Å². The minimum Gasteiger partial charge on any atom is -0.313 e. The van der Waals surface area contributed by atoms with E-state index in [2.05, 4.69) is 5.32 Å². The highest BCUT2D eigenvalue weighted by Crippen LogP contribution is 2.25. The number of rotatable bonds is 6. The predicted octanol–water partition coefficient (Wildman–Crippen LogP) is 4.04. The van der Waals surface area contributed by atoms with Crippen molar-refractivity contribution in [3.63, 3.8) is 0 Å². The van der Waals surface area contributed by atoms with Crippen molar-refractivity contribution in [2.75, 3.05) is 6.54 Å². The molecule has 1 saturated carbocycles. The molecule has 1 aliphatic rings. The third kappa shape index (κ3) is 3.88. The number of benzene rings is 2. The third-order valence-electron chi connectivity index (χ3n) is 3.97. The first-order chi connectivity index (χ1) is 10.2. The molecule has 1 N–H and O–H groups in total. The molecule has 1 aliphatic carbocycles. The molecule has 2 aromatic rings. The van der Waals surface area contributed by atoms with Gasteiger partial charge in [-0.3, -0.25) is 0 Å². The minimum atomic E-state index is -0.238. The van der Waals surface area contributed by atoms with E-state index in [0.717, 1.165) is 12.1 Å². The largest absolute Gasteiger partial charge is 0.313 e. The van der Waals surface area contributed by atoms with Crippen LogP contribution in [0.1, 0.15) is 29.9 Å². The van der Waals surface area contributed by atoms with Crippen molar-refractivity contribution in [2.24, 2.45) is 0 Å². The Labute approximate surface area is 124 Å². The van der Waals surface area contributed by atoms with Crippen LogP contribution in [0.5, 0.6) is 0 Å². The zero-order valence-electron chi connectivity index (χ0n) is 11.9. The Balaban J connectivity index is 1.79. The molecule has 0 amide bonds. The van der Waals surface area contributed by atoms with E-state index in [1.54, 1.807) is 24.3 Å². The molecule has 0 bridgehead atoms. The van der Waals surface area contributed by atoms with Crippen LogP contribution in [0.3, 0.4) is 0 Å². The van der Waals surface area contributed by atoms with E-state index in [9.17, 15) is 8.78 Å². The van der Waals surface area contributed by atoms with Gasteiger partial charge in [0.2, 0.25) is 0 Å². The van der Waals surface area contributed by atoms with Crippen LogP contribution >= 0.6 is 0 Å². The van der Waals surface area contributed by atoms with Crippen molar-refractivity contribution in [3.05, 3.63) is 71.3 Å². The summed E-state index contributed by atoms with van der Waals surface area (Å²) >= 11 is 0. The second-order valence-corrected chi connectivity index (χ2v) is 5.73. The molecule has 1 nitrogen and oxygen atoms in total. The highest BCUT2D eigenvalue weighted by molar-refractivity contribution is 5.26. The molecule has 0 spiro atoms. The van der Waals surface area contributed by atoms with E-state index < -0.39 is 0 Å². The summed E-state index contributed by atoms with van der Waals surface area (Å²) in [6.07, 6.45) is 2.99. The van der Waals surface area contributed by atoms with Crippen LogP contribution in [0.4, 0.5) is 8.78 Å². The standard InChI is InChI=1S/C18H19F2N/c19-16-6-3-5-13(11-16)15(12-21-17-8-9-17)10-14-4-1-2-7-18(14)20/h1-7,11,15,17,21H,8-10,12H2. The first-order valence-corrected chi connectivity index (χ1v) is 7.44. The van der Waals surface area contributed by atoms with Gasteiger partial charge in [-0.25, -0.2) is 8.78 Å². The molecule has 1 fully saturated rings. The third-order valence-corrected chi connectivity index (χ3v) is 3.97. The van der Waals surface area contributed by atoms with Gasteiger partial charge in [0.15, 0.2) is 0 Å². The number of halogens is 2. The molecule has 0 radical (unpaired) electrons. The molecule has 0 heterocycles. The Morgan fingerprint density at radius 3 is 2.57 bits per heavy atom. The average molecular weight is 287 g/mol. The van der Waals surface area contributed by atoms with Crippen LogP contribution < -0.4 is 5.32 Å². The maximum absolute atomic E-state index is 13.9. The molecule has 0 aromatic heterocycles. The topological polar surface area (TPSA) is 12.0 Å². The summed E-state index contributed by atoms with van der Waals surface area (Å²) in [7, 11) is 0. The molecular formula is C18H19F2N. The summed E-state index contributed by atoms with van der Waals surface area (Å²) in [5, 5.41) is 3.47. The zero-order valence-corrected chi connectivity index (χ0v) is 11.9. The lowest BCUT2D eigenvalue weighted by atomic mass is 9.91. The average Bonchev–Trinajstić information content (AvgIpc) is 3.29. The fourth-order valence-corrected chi connectivity index (χ4v) is 2.59. The van der Waals surface area contributed by atoms with Gasteiger partial charge in [-0.05, 0) is 48.6 Å². The Morgan fingerprint density at radius 1 is 1.05 bits per heavy atom. The molecule has 3 heteroatoms. The van der Waals surface area contributed by atoms with Gasteiger partial charge in [-0.2, -0.15) is 0 Å². The molecule has 21 heavy (non-hydrogen) atoms. The molecule has 1 unspecified atom stereocenters. The Hall–Kier alpha value is -1.74. The van der Waals surface area contributed by atoms with E-state index in [-0.39, 0.29) is 17.6 Å². The van der Waals surface area contributed by atoms with E-state index in [0.29, 0.717) is 18.0 Å². The molecule has 110 valence electrons. The van der Waals surface area contributed by atoms with Gasteiger partial charge in [-0.15, -0.1) is 0 Å². The lowest BCUT2D eigenvalue weighted by molar-refractivity contribution is 0.548. The molecule has 2 aromatic carbocycles. The van der Waals surface area contributed by atoms with Crippen molar-refractivity contribution in [1.29, 1.82) is 0 Å². The van der Waals surface area contributed by atoms with Gasteiger partial charge in [-0.1, -0.05) is 30.3 Å².